The largest absolute Gasteiger partial charge is 0.396 e. The second kappa shape index (κ2) is 3.59. The van der Waals surface area contributed by atoms with Crippen molar-refractivity contribution in [1.82, 2.24) is 14.8 Å². The Balaban J connectivity index is 2.08. The Morgan fingerprint density at radius 2 is 2.12 bits per heavy atom. The van der Waals surface area contributed by atoms with Crippen LogP contribution in [0.5, 0.6) is 0 Å². The van der Waals surface area contributed by atoms with Crippen molar-refractivity contribution in [2.45, 2.75) is 18.8 Å². The molecule has 3 rings (SSSR count). The van der Waals surface area contributed by atoms with Crippen LogP contribution in [0.4, 0.5) is 5.69 Å². The lowest BCUT2D eigenvalue weighted by atomic mass is 10.2. The van der Waals surface area contributed by atoms with Crippen LogP contribution in [0.25, 0.3) is 5.82 Å². The summed E-state index contributed by atoms with van der Waals surface area (Å²) in [6.07, 6.45) is 5.88. The summed E-state index contributed by atoms with van der Waals surface area (Å²) in [5, 5.41) is 4.29. The van der Waals surface area contributed by atoms with E-state index in [4.69, 9.17) is 5.73 Å². The highest BCUT2D eigenvalue weighted by Crippen LogP contribution is 2.43. The van der Waals surface area contributed by atoms with Gasteiger partial charge in [0.15, 0.2) is 5.82 Å². The molecule has 0 unspecified atom stereocenters. The number of nitrogens with two attached hydrogens (primary N) is 1. The van der Waals surface area contributed by atoms with E-state index >= 15 is 0 Å². The van der Waals surface area contributed by atoms with Crippen LogP contribution in [0.1, 0.15) is 24.5 Å². The molecule has 2 aromatic rings. The van der Waals surface area contributed by atoms with Crippen molar-refractivity contribution < 1.29 is 0 Å². The summed E-state index contributed by atoms with van der Waals surface area (Å²) in [5.74, 6) is 1.38. The van der Waals surface area contributed by atoms with Crippen LogP contribution in [0, 0.1) is 0 Å². The van der Waals surface area contributed by atoms with Gasteiger partial charge in [0, 0.05) is 16.6 Å². The quantitative estimate of drug-likeness (QED) is 0.918. The molecule has 1 saturated carbocycles. The monoisotopic (exact) mass is 278 g/mol. The molecular weight excluding hydrogens is 268 g/mol. The van der Waals surface area contributed by atoms with Gasteiger partial charge in [-0.2, -0.15) is 5.10 Å². The average Bonchev–Trinajstić information content (AvgIpc) is 3.04. The minimum absolute atomic E-state index is 0.563. The predicted octanol–water partition coefficient (Wildman–Crippen LogP) is 2.49. The van der Waals surface area contributed by atoms with E-state index in [1.807, 2.05) is 16.8 Å². The first kappa shape index (κ1) is 9.84. The van der Waals surface area contributed by atoms with Crippen molar-refractivity contribution in [1.29, 1.82) is 0 Å². The number of halogens is 1. The zero-order chi connectivity index (χ0) is 11.1. The highest BCUT2D eigenvalue weighted by atomic mass is 79.9. The van der Waals surface area contributed by atoms with Gasteiger partial charge in [-0.1, -0.05) is 0 Å². The SMILES string of the molecule is Nc1cnn(-c2ccc(Br)cn2)c1C1CC1. The second-order valence-electron chi connectivity index (χ2n) is 4.01. The van der Waals surface area contributed by atoms with Crippen molar-refractivity contribution in [3.8, 4) is 5.82 Å². The fourth-order valence-corrected chi connectivity index (χ4v) is 2.05. The third-order valence-electron chi connectivity index (χ3n) is 2.73. The molecule has 1 fully saturated rings. The lowest BCUT2D eigenvalue weighted by Crippen LogP contribution is -2.04. The number of rotatable bonds is 2. The van der Waals surface area contributed by atoms with Crippen molar-refractivity contribution in [2.24, 2.45) is 0 Å². The Morgan fingerprint density at radius 3 is 2.75 bits per heavy atom. The van der Waals surface area contributed by atoms with Gasteiger partial charge in [-0.15, -0.1) is 0 Å². The van der Waals surface area contributed by atoms with Crippen LogP contribution >= 0.6 is 15.9 Å². The Morgan fingerprint density at radius 1 is 1.31 bits per heavy atom. The molecule has 0 aliphatic heterocycles. The predicted molar refractivity (Wildman–Crippen MR) is 65.4 cm³/mol. The van der Waals surface area contributed by atoms with Crippen molar-refractivity contribution in [3.63, 3.8) is 0 Å². The Hall–Kier alpha value is -1.36. The molecule has 16 heavy (non-hydrogen) atoms. The first-order chi connectivity index (χ1) is 7.75. The first-order valence-corrected chi connectivity index (χ1v) is 6.00. The van der Waals surface area contributed by atoms with E-state index in [0.29, 0.717) is 5.92 Å². The smallest absolute Gasteiger partial charge is 0.153 e. The lowest BCUT2D eigenvalue weighted by Gasteiger charge is -2.06. The molecule has 5 heteroatoms. The number of pyridine rings is 1. The van der Waals surface area contributed by atoms with Gasteiger partial charge in [0.25, 0.3) is 0 Å². The topological polar surface area (TPSA) is 56.7 Å². The van der Waals surface area contributed by atoms with E-state index in [-0.39, 0.29) is 0 Å². The van der Waals surface area contributed by atoms with Gasteiger partial charge in [0.05, 0.1) is 17.6 Å². The summed E-state index contributed by atoms with van der Waals surface area (Å²) in [4.78, 5) is 4.33. The molecule has 0 aromatic carbocycles. The maximum Gasteiger partial charge on any atom is 0.153 e. The van der Waals surface area contributed by atoms with Crippen molar-refractivity contribution in [3.05, 3.63) is 34.7 Å². The first-order valence-electron chi connectivity index (χ1n) is 5.21. The Kier molecular flexibility index (Phi) is 2.21. The molecular formula is C11H11BrN4. The fraction of sp³-hybridized carbons (Fsp3) is 0.273. The van der Waals surface area contributed by atoms with E-state index in [0.717, 1.165) is 21.7 Å². The van der Waals surface area contributed by atoms with Crippen LogP contribution in [0.15, 0.2) is 29.0 Å². The Labute approximate surface area is 102 Å². The molecule has 1 aliphatic carbocycles. The van der Waals surface area contributed by atoms with Gasteiger partial charge >= 0.3 is 0 Å². The molecule has 4 nitrogen and oxygen atoms in total. The van der Waals surface area contributed by atoms with E-state index in [1.165, 1.54) is 12.8 Å². The highest BCUT2D eigenvalue weighted by molar-refractivity contribution is 9.10. The molecule has 82 valence electrons. The zero-order valence-corrected chi connectivity index (χ0v) is 10.2. The number of aromatic nitrogens is 3. The maximum atomic E-state index is 5.93. The molecule has 0 saturated heterocycles. The van der Waals surface area contributed by atoms with Gasteiger partial charge in [0.2, 0.25) is 0 Å². The van der Waals surface area contributed by atoms with Crippen LogP contribution in [-0.2, 0) is 0 Å². The average molecular weight is 279 g/mol. The minimum atomic E-state index is 0.563. The standard InChI is InChI=1S/C11H11BrN4/c12-8-3-4-10(14-5-8)16-11(7-1-2-7)9(13)6-15-16/h3-7H,1-2,13H2. The van der Waals surface area contributed by atoms with Crippen LogP contribution in [-0.4, -0.2) is 14.8 Å². The molecule has 2 heterocycles. The molecule has 0 radical (unpaired) electrons. The summed E-state index contributed by atoms with van der Waals surface area (Å²) in [5.41, 5.74) is 7.81. The fourth-order valence-electron chi connectivity index (χ4n) is 1.81. The van der Waals surface area contributed by atoms with Gasteiger partial charge < -0.3 is 5.73 Å². The maximum absolute atomic E-state index is 5.93. The minimum Gasteiger partial charge on any atom is -0.396 e. The van der Waals surface area contributed by atoms with Gasteiger partial charge in [-0.25, -0.2) is 9.67 Å². The number of nitrogens with zero attached hydrogens (tertiary/aromatic N) is 3. The van der Waals surface area contributed by atoms with Crippen LogP contribution < -0.4 is 5.73 Å². The lowest BCUT2D eigenvalue weighted by molar-refractivity contribution is 0.785. The molecule has 0 atom stereocenters. The van der Waals surface area contributed by atoms with Crippen LogP contribution in [0.3, 0.4) is 0 Å². The van der Waals surface area contributed by atoms with Crippen molar-refractivity contribution in [2.75, 3.05) is 5.73 Å². The summed E-state index contributed by atoms with van der Waals surface area (Å²) in [6, 6.07) is 3.89. The van der Waals surface area contributed by atoms with E-state index in [2.05, 4.69) is 26.0 Å². The summed E-state index contributed by atoms with van der Waals surface area (Å²) >= 11 is 3.37. The molecule has 0 spiro atoms. The molecule has 2 N–H and O–H groups in total. The summed E-state index contributed by atoms with van der Waals surface area (Å²) in [6.45, 7) is 0. The molecule has 0 amide bonds. The third kappa shape index (κ3) is 1.61. The summed E-state index contributed by atoms with van der Waals surface area (Å²) in [7, 11) is 0. The van der Waals surface area contributed by atoms with Gasteiger partial charge in [-0.05, 0) is 40.9 Å². The number of anilines is 1. The Bertz CT molecular complexity index is 513. The molecule has 2 aromatic heterocycles. The zero-order valence-electron chi connectivity index (χ0n) is 8.60. The third-order valence-corrected chi connectivity index (χ3v) is 3.20. The second-order valence-corrected chi connectivity index (χ2v) is 4.92. The number of nitrogen functional groups attached to an aromatic ring is 1. The van der Waals surface area contributed by atoms with Gasteiger partial charge in [0.1, 0.15) is 0 Å². The number of hydrogen-bond donors (Lipinski definition) is 1. The molecule has 0 bridgehead atoms. The molecule has 1 aliphatic rings. The van der Waals surface area contributed by atoms with Crippen molar-refractivity contribution >= 4 is 21.6 Å². The normalized spacial score (nSPS) is 15.3. The van der Waals surface area contributed by atoms with E-state index in [9.17, 15) is 0 Å². The van der Waals surface area contributed by atoms with Crippen LogP contribution in [0.2, 0.25) is 0 Å². The van der Waals surface area contributed by atoms with E-state index < -0.39 is 0 Å². The number of hydrogen-bond acceptors (Lipinski definition) is 3. The van der Waals surface area contributed by atoms with E-state index in [1.54, 1.807) is 12.4 Å². The summed E-state index contributed by atoms with van der Waals surface area (Å²) < 4.78 is 2.81. The van der Waals surface area contributed by atoms with Gasteiger partial charge in [-0.3, -0.25) is 0 Å². The highest BCUT2D eigenvalue weighted by Gasteiger charge is 2.30.